The molecule has 1 heterocycles. The summed E-state index contributed by atoms with van der Waals surface area (Å²) in [6.07, 6.45) is 4.50. The van der Waals surface area contributed by atoms with Gasteiger partial charge in [-0.3, -0.25) is 4.79 Å². The van der Waals surface area contributed by atoms with Gasteiger partial charge in [0.1, 0.15) is 11.9 Å². The molecule has 1 aliphatic heterocycles. The number of ether oxygens (including phenoxy) is 1. The van der Waals surface area contributed by atoms with E-state index in [0.29, 0.717) is 11.8 Å². The Morgan fingerprint density at radius 2 is 2.09 bits per heavy atom. The Hall–Kier alpha value is -0.930. The van der Waals surface area contributed by atoms with E-state index in [4.69, 9.17) is 4.74 Å². The Kier molecular flexibility index (Phi) is 4.70. The Bertz CT molecular complexity index is 483. The van der Waals surface area contributed by atoms with E-state index >= 15 is 0 Å². The predicted molar refractivity (Wildman–Crippen MR) is 88.5 cm³/mol. The van der Waals surface area contributed by atoms with Gasteiger partial charge in [-0.1, -0.05) is 25.2 Å². The van der Waals surface area contributed by atoms with E-state index in [-0.39, 0.29) is 29.3 Å². The second kappa shape index (κ2) is 5.93. The van der Waals surface area contributed by atoms with Crippen molar-refractivity contribution in [1.29, 1.82) is 0 Å². The van der Waals surface area contributed by atoms with Gasteiger partial charge in [-0.15, -0.1) is 6.58 Å². The third-order valence-electron chi connectivity index (χ3n) is 5.95. The second-order valence-electron chi connectivity index (χ2n) is 7.78. The standard InChI is InChI=1S/C19H30O3/c1-7-18(5)9-8-14(11-15(18)12(2)3)19(6)17(22-19)16(21)10-13(4)20/h7,14-17,21H,1-2,8-11H2,3-6H3/t14?,15?,16?,17?,18-,19-/m0/s1. The fourth-order valence-corrected chi connectivity index (χ4v) is 4.29. The molecular weight excluding hydrogens is 276 g/mol. The van der Waals surface area contributed by atoms with Gasteiger partial charge in [0.25, 0.3) is 0 Å². The fraction of sp³-hybridized carbons (Fsp3) is 0.737. The van der Waals surface area contributed by atoms with Crippen LogP contribution < -0.4 is 0 Å². The van der Waals surface area contributed by atoms with Crippen LogP contribution in [0.25, 0.3) is 0 Å². The number of rotatable bonds is 6. The number of hydrogen-bond acceptors (Lipinski definition) is 3. The van der Waals surface area contributed by atoms with Gasteiger partial charge in [-0.2, -0.15) is 0 Å². The van der Waals surface area contributed by atoms with Crippen molar-refractivity contribution in [2.75, 3.05) is 0 Å². The quantitative estimate of drug-likeness (QED) is 0.602. The van der Waals surface area contributed by atoms with Gasteiger partial charge in [0.05, 0.1) is 11.7 Å². The monoisotopic (exact) mass is 306 g/mol. The van der Waals surface area contributed by atoms with Crippen LogP contribution in [0.3, 0.4) is 0 Å². The summed E-state index contributed by atoms with van der Waals surface area (Å²) < 4.78 is 5.88. The van der Waals surface area contributed by atoms with E-state index < -0.39 is 6.10 Å². The van der Waals surface area contributed by atoms with E-state index in [2.05, 4.69) is 40.0 Å². The van der Waals surface area contributed by atoms with E-state index in [9.17, 15) is 9.90 Å². The number of hydrogen-bond donors (Lipinski definition) is 1. The highest BCUT2D eigenvalue weighted by Crippen LogP contribution is 2.56. The fourth-order valence-electron chi connectivity index (χ4n) is 4.29. The molecule has 0 amide bonds. The molecule has 0 aromatic heterocycles. The highest BCUT2D eigenvalue weighted by atomic mass is 16.6. The molecule has 2 fully saturated rings. The van der Waals surface area contributed by atoms with Gasteiger partial charge >= 0.3 is 0 Å². The first-order valence-electron chi connectivity index (χ1n) is 8.28. The van der Waals surface area contributed by atoms with Crippen molar-refractivity contribution in [3.8, 4) is 0 Å². The minimum atomic E-state index is -0.682. The lowest BCUT2D eigenvalue weighted by atomic mass is 9.60. The Morgan fingerprint density at radius 1 is 1.45 bits per heavy atom. The smallest absolute Gasteiger partial charge is 0.132 e. The Balaban J connectivity index is 2.07. The Morgan fingerprint density at radius 3 is 2.59 bits per heavy atom. The van der Waals surface area contributed by atoms with Gasteiger partial charge in [0.2, 0.25) is 0 Å². The van der Waals surface area contributed by atoms with Crippen LogP contribution in [0.15, 0.2) is 24.8 Å². The van der Waals surface area contributed by atoms with Crippen molar-refractivity contribution in [3.63, 3.8) is 0 Å². The van der Waals surface area contributed by atoms with Gasteiger partial charge in [-0.25, -0.2) is 0 Å². The molecule has 1 N–H and O–H groups in total. The maximum absolute atomic E-state index is 11.2. The summed E-state index contributed by atoms with van der Waals surface area (Å²) in [7, 11) is 0. The zero-order valence-corrected chi connectivity index (χ0v) is 14.4. The van der Waals surface area contributed by atoms with Crippen molar-refractivity contribution >= 4 is 5.78 Å². The van der Waals surface area contributed by atoms with Crippen LogP contribution in [0.1, 0.15) is 53.4 Å². The molecule has 2 rings (SSSR count). The van der Waals surface area contributed by atoms with E-state index in [1.54, 1.807) is 0 Å². The van der Waals surface area contributed by atoms with Crippen molar-refractivity contribution in [1.82, 2.24) is 0 Å². The van der Waals surface area contributed by atoms with Gasteiger partial charge in [0, 0.05) is 6.42 Å². The first-order chi connectivity index (χ1) is 10.1. The number of epoxide rings is 1. The first kappa shape index (κ1) is 17.4. The number of aliphatic hydroxyl groups excluding tert-OH is 1. The van der Waals surface area contributed by atoms with Crippen LogP contribution in [0.4, 0.5) is 0 Å². The second-order valence-corrected chi connectivity index (χ2v) is 7.78. The van der Waals surface area contributed by atoms with E-state index in [1.165, 1.54) is 12.5 Å². The van der Waals surface area contributed by atoms with Crippen molar-refractivity contribution in [2.45, 2.75) is 71.2 Å². The van der Waals surface area contributed by atoms with Gasteiger partial charge in [0.15, 0.2) is 0 Å². The summed E-state index contributed by atoms with van der Waals surface area (Å²) in [5.41, 5.74) is 0.990. The number of carbonyl (C=O) groups excluding carboxylic acids is 1. The third kappa shape index (κ3) is 3.07. The molecule has 22 heavy (non-hydrogen) atoms. The van der Waals surface area contributed by atoms with Crippen molar-refractivity contribution in [2.24, 2.45) is 17.3 Å². The van der Waals surface area contributed by atoms with Crippen LogP contribution in [0.2, 0.25) is 0 Å². The number of Topliss-reactive ketones (excluding diaryl/α,β-unsaturated/α-hetero) is 1. The summed E-state index contributed by atoms with van der Waals surface area (Å²) in [5, 5.41) is 10.2. The lowest BCUT2D eigenvalue weighted by molar-refractivity contribution is -0.119. The average molecular weight is 306 g/mol. The van der Waals surface area contributed by atoms with E-state index in [1.807, 2.05) is 0 Å². The molecule has 0 radical (unpaired) electrons. The molecule has 6 atom stereocenters. The zero-order chi connectivity index (χ0) is 16.7. The predicted octanol–water partition coefficient (Wildman–Crippen LogP) is 3.67. The summed E-state index contributed by atoms with van der Waals surface area (Å²) in [5.74, 6) is 0.803. The summed E-state index contributed by atoms with van der Waals surface area (Å²) in [6.45, 7) is 16.1. The zero-order valence-electron chi connectivity index (χ0n) is 14.4. The molecule has 1 saturated heterocycles. The molecule has 124 valence electrons. The average Bonchev–Trinajstić information content (AvgIpc) is 3.11. The third-order valence-corrected chi connectivity index (χ3v) is 5.95. The van der Waals surface area contributed by atoms with Gasteiger partial charge in [-0.05, 0) is 57.3 Å². The highest BCUT2D eigenvalue weighted by molar-refractivity contribution is 5.76. The lowest BCUT2D eigenvalue weighted by Gasteiger charge is -2.44. The summed E-state index contributed by atoms with van der Waals surface area (Å²) in [4.78, 5) is 11.2. The maximum atomic E-state index is 11.2. The SMILES string of the molecule is C=C[C@@]1(C)CCC([C@]2(C)OC2C(O)CC(C)=O)CC1C(=C)C. The van der Waals surface area contributed by atoms with Crippen LogP contribution in [-0.4, -0.2) is 28.7 Å². The normalized spacial score (nSPS) is 42.5. The minimum Gasteiger partial charge on any atom is -0.390 e. The molecule has 4 unspecified atom stereocenters. The molecule has 0 aromatic rings. The summed E-state index contributed by atoms with van der Waals surface area (Å²) in [6, 6.07) is 0. The molecule has 1 saturated carbocycles. The van der Waals surface area contributed by atoms with Crippen LogP contribution in [0, 0.1) is 17.3 Å². The molecular formula is C19H30O3. The number of allylic oxidation sites excluding steroid dienone is 2. The highest BCUT2D eigenvalue weighted by Gasteiger charge is 2.61. The molecule has 1 aliphatic carbocycles. The molecule has 3 heteroatoms. The first-order valence-corrected chi connectivity index (χ1v) is 8.28. The number of ketones is 1. The summed E-state index contributed by atoms with van der Waals surface area (Å²) >= 11 is 0. The topological polar surface area (TPSA) is 49.8 Å². The number of aliphatic hydroxyl groups is 1. The lowest BCUT2D eigenvalue weighted by Crippen LogP contribution is -2.40. The minimum absolute atomic E-state index is 0.00744. The van der Waals surface area contributed by atoms with Gasteiger partial charge < -0.3 is 9.84 Å². The molecule has 3 nitrogen and oxygen atoms in total. The largest absolute Gasteiger partial charge is 0.390 e. The van der Waals surface area contributed by atoms with Crippen LogP contribution in [-0.2, 0) is 9.53 Å². The van der Waals surface area contributed by atoms with Crippen LogP contribution in [0.5, 0.6) is 0 Å². The number of carbonyl (C=O) groups is 1. The molecule has 0 spiro atoms. The van der Waals surface area contributed by atoms with E-state index in [0.717, 1.165) is 19.3 Å². The maximum Gasteiger partial charge on any atom is 0.132 e. The van der Waals surface area contributed by atoms with Crippen molar-refractivity contribution < 1.29 is 14.6 Å². The Labute approximate surface area is 134 Å². The van der Waals surface area contributed by atoms with Crippen LogP contribution >= 0.6 is 0 Å². The molecule has 0 aromatic carbocycles. The van der Waals surface area contributed by atoms with Crippen molar-refractivity contribution in [3.05, 3.63) is 24.8 Å². The molecule has 2 aliphatic rings. The molecule has 0 bridgehead atoms.